The molecule has 4 nitrogen and oxygen atoms in total. The van der Waals surface area contributed by atoms with E-state index in [1.807, 2.05) is 38.1 Å². The Labute approximate surface area is 128 Å². The van der Waals surface area contributed by atoms with Gasteiger partial charge in [0.05, 0.1) is 12.3 Å². The van der Waals surface area contributed by atoms with Crippen molar-refractivity contribution in [1.82, 2.24) is 4.31 Å². The average molecular weight is 308 g/mol. The molecule has 5 heteroatoms. The van der Waals surface area contributed by atoms with Crippen molar-refractivity contribution in [2.75, 3.05) is 19.3 Å². The van der Waals surface area contributed by atoms with Crippen LogP contribution >= 0.6 is 0 Å². The zero-order valence-corrected chi connectivity index (χ0v) is 13.8. The Kier molecular flexibility index (Phi) is 6.90. The Morgan fingerprint density at radius 1 is 1.29 bits per heavy atom. The molecule has 2 N–H and O–H groups in total. The van der Waals surface area contributed by atoms with Crippen LogP contribution in [0.25, 0.3) is 0 Å². The average Bonchev–Trinajstić information content (AvgIpc) is 2.44. The zero-order chi connectivity index (χ0) is 15.9. The minimum Gasteiger partial charge on any atom is -0.320 e. The summed E-state index contributed by atoms with van der Waals surface area (Å²) in [5, 5.41) is 0. The third-order valence-corrected chi connectivity index (χ3v) is 4.99. The van der Waals surface area contributed by atoms with Gasteiger partial charge in [-0.3, -0.25) is 0 Å². The predicted molar refractivity (Wildman–Crippen MR) is 87.1 cm³/mol. The molecule has 0 bridgehead atoms. The highest BCUT2D eigenvalue weighted by atomic mass is 32.2. The minimum atomic E-state index is -3.23. The zero-order valence-electron chi connectivity index (χ0n) is 13.0. The summed E-state index contributed by atoms with van der Waals surface area (Å²) in [6.45, 7) is 4.66. The van der Waals surface area contributed by atoms with Crippen LogP contribution in [-0.4, -0.2) is 32.1 Å². The Morgan fingerprint density at radius 3 is 2.57 bits per heavy atom. The van der Waals surface area contributed by atoms with E-state index in [-0.39, 0.29) is 12.3 Å². The van der Waals surface area contributed by atoms with Crippen LogP contribution in [0.15, 0.2) is 24.3 Å². The summed E-state index contributed by atoms with van der Waals surface area (Å²) in [6, 6.07) is 7.55. The number of hydrogen-bond acceptors (Lipinski definition) is 3. The van der Waals surface area contributed by atoms with E-state index in [0.717, 1.165) is 11.1 Å². The van der Waals surface area contributed by atoms with Gasteiger partial charge in [0.15, 0.2) is 0 Å². The molecule has 0 amide bonds. The molecule has 0 spiro atoms. The van der Waals surface area contributed by atoms with Gasteiger partial charge in [0.25, 0.3) is 0 Å². The molecular weight excluding hydrogens is 284 g/mol. The molecule has 0 aliphatic rings. The Morgan fingerprint density at radius 2 is 1.95 bits per heavy atom. The Hall–Kier alpha value is -1.35. The number of nitrogens with two attached hydrogens (primary N) is 1. The lowest BCUT2D eigenvalue weighted by Crippen LogP contribution is -2.29. The van der Waals surface area contributed by atoms with E-state index in [1.54, 1.807) is 7.05 Å². The van der Waals surface area contributed by atoms with Gasteiger partial charge in [-0.2, -0.15) is 0 Å². The summed E-state index contributed by atoms with van der Waals surface area (Å²) in [5.74, 6) is 6.34. The van der Waals surface area contributed by atoms with Crippen LogP contribution in [0, 0.1) is 17.8 Å². The first kappa shape index (κ1) is 17.7. The van der Waals surface area contributed by atoms with Crippen molar-refractivity contribution < 1.29 is 8.42 Å². The van der Waals surface area contributed by atoms with Crippen molar-refractivity contribution in [3.63, 3.8) is 0 Å². The summed E-state index contributed by atoms with van der Waals surface area (Å²) in [4.78, 5) is 0. The van der Waals surface area contributed by atoms with E-state index in [2.05, 4.69) is 11.8 Å². The van der Waals surface area contributed by atoms with E-state index in [9.17, 15) is 8.42 Å². The maximum absolute atomic E-state index is 12.2. The molecule has 1 rings (SSSR count). The molecule has 0 aliphatic carbocycles. The number of sulfonamides is 1. The van der Waals surface area contributed by atoms with Crippen molar-refractivity contribution in [3.8, 4) is 11.8 Å². The number of rotatable bonds is 6. The van der Waals surface area contributed by atoms with E-state index >= 15 is 0 Å². The first-order valence-corrected chi connectivity index (χ1v) is 8.68. The van der Waals surface area contributed by atoms with Crippen LogP contribution in [-0.2, 0) is 16.6 Å². The third kappa shape index (κ3) is 5.88. The molecule has 0 aromatic heterocycles. The highest BCUT2D eigenvalue weighted by molar-refractivity contribution is 7.89. The molecule has 116 valence electrons. The van der Waals surface area contributed by atoms with Gasteiger partial charge in [0.2, 0.25) is 10.0 Å². The first-order chi connectivity index (χ1) is 9.86. The van der Waals surface area contributed by atoms with Crippen LogP contribution in [0.2, 0.25) is 0 Å². The molecule has 21 heavy (non-hydrogen) atoms. The maximum atomic E-state index is 12.2. The van der Waals surface area contributed by atoms with Crippen LogP contribution in [0.5, 0.6) is 0 Å². The molecule has 0 fully saturated rings. The SMILES string of the molecule is CC(C)CCS(=O)(=O)N(C)Cc1ccccc1C#CCN. The van der Waals surface area contributed by atoms with Crippen LogP contribution in [0.3, 0.4) is 0 Å². The van der Waals surface area contributed by atoms with Gasteiger partial charge in [-0.05, 0) is 24.0 Å². The molecule has 0 heterocycles. The fourth-order valence-electron chi connectivity index (χ4n) is 1.81. The molecule has 1 aromatic carbocycles. The van der Waals surface area contributed by atoms with E-state index in [0.29, 0.717) is 18.9 Å². The molecule has 0 saturated heterocycles. The topological polar surface area (TPSA) is 63.4 Å². The lowest BCUT2D eigenvalue weighted by molar-refractivity contribution is 0.460. The second-order valence-electron chi connectivity index (χ2n) is 5.42. The molecule has 0 aliphatic heterocycles. The quantitative estimate of drug-likeness (QED) is 0.815. The fraction of sp³-hybridized carbons (Fsp3) is 0.500. The van der Waals surface area contributed by atoms with Crippen molar-refractivity contribution in [3.05, 3.63) is 35.4 Å². The van der Waals surface area contributed by atoms with Crippen LogP contribution in [0.1, 0.15) is 31.4 Å². The van der Waals surface area contributed by atoms with Crippen molar-refractivity contribution in [2.24, 2.45) is 11.7 Å². The van der Waals surface area contributed by atoms with E-state index < -0.39 is 10.0 Å². The largest absolute Gasteiger partial charge is 0.320 e. The minimum absolute atomic E-state index is 0.178. The molecular formula is C16H24N2O2S. The smallest absolute Gasteiger partial charge is 0.214 e. The van der Waals surface area contributed by atoms with Crippen LogP contribution in [0.4, 0.5) is 0 Å². The number of hydrogen-bond donors (Lipinski definition) is 1. The van der Waals surface area contributed by atoms with Crippen molar-refractivity contribution >= 4 is 10.0 Å². The lowest BCUT2D eigenvalue weighted by atomic mass is 10.1. The highest BCUT2D eigenvalue weighted by Gasteiger charge is 2.19. The summed E-state index contributed by atoms with van der Waals surface area (Å²) < 4.78 is 25.9. The van der Waals surface area contributed by atoms with Gasteiger partial charge in [-0.25, -0.2) is 12.7 Å². The first-order valence-electron chi connectivity index (χ1n) is 7.07. The molecule has 0 saturated carbocycles. The summed E-state index contributed by atoms with van der Waals surface area (Å²) in [5.41, 5.74) is 7.11. The van der Waals surface area contributed by atoms with Gasteiger partial charge in [0.1, 0.15) is 0 Å². The summed E-state index contributed by atoms with van der Waals surface area (Å²) in [6.07, 6.45) is 0.668. The van der Waals surface area contributed by atoms with Crippen LogP contribution < -0.4 is 5.73 Å². The number of nitrogens with zero attached hydrogens (tertiary/aromatic N) is 1. The molecule has 0 radical (unpaired) electrons. The van der Waals surface area contributed by atoms with Gasteiger partial charge in [-0.15, -0.1) is 0 Å². The molecule has 0 atom stereocenters. The fourth-order valence-corrected chi connectivity index (χ4v) is 3.22. The normalized spacial score (nSPS) is 11.5. The van der Waals surface area contributed by atoms with Gasteiger partial charge in [0, 0.05) is 19.2 Å². The molecule has 1 aromatic rings. The standard InChI is InChI=1S/C16H24N2O2S/c1-14(2)10-12-21(19,20)18(3)13-16-8-5-4-7-15(16)9-6-11-17/h4-5,7-8,14H,10-13,17H2,1-3H3. The number of benzene rings is 1. The highest BCUT2D eigenvalue weighted by Crippen LogP contribution is 2.14. The van der Waals surface area contributed by atoms with E-state index in [4.69, 9.17) is 5.73 Å². The third-order valence-electron chi connectivity index (χ3n) is 3.16. The van der Waals surface area contributed by atoms with Crippen molar-refractivity contribution in [1.29, 1.82) is 0 Å². The monoisotopic (exact) mass is 308 g/mol. The Bertz CT molecular complexity index is 613. The molecule has 0 unspecified atom stereocenters. The van der Waals surface area contributed by atoms with E-state index in [1.165, 1.54) is 4.31 Å². The maximum Gasteiger partial charge on any atom is 0.214 e. The second kappa shape index (κ2) is 8.18. The lowest BCUT2D eigenvalue weighted by Gasteiger charge is -2.18. The second-order valence-corrected chi connectivity index (χ2v) is 7.61. The predicted octanol–water partition coefficient (Wildman–Crippen LogP) is 1.80. The van der Waals surface area contributed by atoms with Gasteiger partial charge < -0.3 is 5.73 Å². The van der Waals surface area contributed by atoms with Gasteiger partial charge >= 0.3 is 0 Å². The van der Waals surface area contributed by atoms with Crippen molar-refractivity contribution in [2.45, 2.75) is 26.8 Å². The Balaban J connectivity index is 2.86. The summed E-state index contributed by atoms with van der Waals surface area (Å²) >= 11 is 0. The summed E-state index contributed by atoms with van der Waals surface area (Å²) in [7, 11) is -1.62. The van der Waals surface area contributed by atoms with Gasteiger partial charge in [-0.1, -0.05) is 43.9 Å².